The Kier molecular flexibility index (Phi) is 4.92. The van der Waals surface area contributed by atoms with Crippen molar-refractivity contribution in [2.45, 2.75) is 17.2 Å². The van der Waals surface area contributed by atoms with Crippen LogP contribution in [0.4, 0.5) is 13.6 Å². The zero-order chi connectivity index (χ0) is 16.3. The van der Waals surface area contributed by atoms with Crippen LogP contribution in [0, 0.1) is 0 Å². The Bertz CT molecular complexity index is 619. The number of urea groups is 1. The summed E-state index contributed by atoms with van der Waals surface area (Å²) in [4.78, 5) is 37.4. The Morgan fingerprint density at radius 2 is 1.68 bits per heavy atom. The molecule has 0 spiro atoms. The fraction of sp³-hybridized carbons (Fsp3) is 0.214. The molecular weight excluding hydrogens is 314 g/mol. The van der Waals surface area contributed by atoms with E-state index < -0.39 is 23.6 Å². The third-order valence-electron chi connectivity index (χ3n) is 2.94. The van der Waals surface area contributed by atoms with Crippen LogP contribution in [0.3, 0.4) is 0 Å². The third-order valence-corrected chi connectivity index (χ3v) is 3.66. The molecule has 4 amide bonds. The number of thioether (sulfide) groups is 1. The van der Waals surface area contributed by atoms with Crippen molar-refractivity contribution in [1.29, 1.82) is 0 Å². The Morgan fingerprint density at radius 3 is 2.23 bits per heavy atom. The van der Waals surface area contributed by atoms with Crippen molar-refractivity contribution in [1.82, 2.24) is 9.80 Å². The molecule has 0 aliphatic carbocycles. The number of hydrogen-bond donors (Lipinski definition) is 0. The van der Waals surface area contributed by atoms with Gasteiger partial charge in [-0.15, -0.1) is 6.58 Å². The van der Waals surface area contributed by atoms with Gasteiger partial charge in [0.05, 0.1) is 6.54 Å². The Labute approximate surface area is 129 Å². The van der Waals surface area contributed by atoms with E-state index in [9.17, 15) is 23.2 Å². The van der Waals surface area contributed by atoms with E-state index in [0.717, 1.165) is 9.80 Å². The SMILES string of the molecule is C=CCN1C(=O)C(=O)N(Cc2ccc(SC(F)F)cc2)C1=O. The lowest BCUT2D eigenvalue weighted by Crippen LogP contribution is -2.33. The van der Waals surface area contributed by atoms with Crippen LogP contribution in [0.1, 0.15) is 5.56 Å². The van der Waals surface area contributed by atoms with Crippen LogP contribution in [-0.4, -0.2) is 39.9 Å². The van der Waals surface area contributed by atoms with E-state index in [1.54, 1.807) is 0 Å². The highest BCUT2D eigenvalue weighted by Crippen LogP contribution is 2.25. The van der Waals surface area contributed by atoms with Crippen molar-refractivity contribution in [2.75, 3.05) is 6.54 Å². The first-order valence-corrected chi connectivity index (χ1v) is 7.14. The van der Waals surface area contributed by atoms with Gasteiger partial charge >= 0.3 is 17.8 Å². The normalized spacial score (nSPS) is 15.1. The lowest BCUT2D eigenvalue weighted by atomic mass is 10.2. The van der Waals surface area contributed by atoms with Gasteiger partial charge in [0.15, 0.2) is 0 Å². The topological polar surface area (TPSA) is 57.7 Å². The maximum atomic E-state index is 12.2. The van der Waals surface area contributed by atoms with Gasteiger partial charge < -0.3 is 0 Å². The molecule has 1 aromatic rings. The summed E-state index contributed by atoms with van der Waals surface area (Å²) in [5, 5.41) is 0. The first-order valence-electron chi connectivity index (χ1n) is 6.26. The van der Waals surface area contributed by atoms with Crippen LogP contribution in [0.5, 0.6) is 0 Å². The van der Waals surface area contributed by atoms with Crippen LogP contribution < -0.4 is 0 Å². The third kappa shape index (κ3) is 3.33. The minimum Gasteiger partial charge on any atom is -0.263 e. The second kappa shape index (κ2) is 6.69. The van der Waals surface area contributed by atoms with E-state index in [-0.39, 0.29) is 13.1 Å². The largest absolute Gasteiger partial charge is 0.334 e. The summed E-state index contributed by atoms with van der Waals surface area (Å²) in [6.07, 6.45) is 1.35. The predicted octanol–water partition coefficient (Wildman–Crippen LogP) is 2.48. The molecule has 0 atom stereocenters. The number of rotatable bonds is 6. The number of carbonyl (C=O) groups excluding carboxylic acids is 3. The summed E-state index contributed by atoms with van der Waals surface area (Å²) in [5.74, 6) is -4.31. The summed E-state index contributed by atoms with van der Waals surface area (Å²) in [5.41, 5.74) is 0.563. The van der Waals surface area contributed by atoms with E-state index >= 15 is 0 Å². The second-order valence-corrected chi connectivity index (χ2v) is 5.46. The number of carbonyl (C=O) groups is 3. The van der Waals surface area contributed by atoms with E-state index in [0.29, 0.717) is 22.2 Å². The standard InChI is InChI=1S/C14H12F2N2O3S/c1-2-7-17-11(19)12(20)18(14(17)21)8-9-3-5-10(6-4-9)22-13(15)16/h2-6,13H,1,7-8H2. The average Bonchev–Trinajstić information content (AvgIpc) is 2.67. The van der Waals surface area contributed by atoms with Gasteiger partial charge in [0.25, 0.3) is 5.76 Å². The molecule has 8 heteroatoms. The molecule has 1 fully saturated rings. The Hall–Kier alpha value is -2.22. The summed E-state index contributed by atoms with van der Waals surface area (Å²) in [7, 11) is 0. The highest BCUT2D eigenvalue weighted by atomic mass is 32.2. The second-order valence-electron chi connectivity index (χ2n) is 4.40. The van der Waals surface area contributed by atoms with Gasteiger partial charge in [0.2, 0.25) is 0 Å². The Morgan fingerprint density at radius 1 is 1.09 bits per heavy atom. The van der Waals surface area contributed by atoms with Crippen LogP contribution >= 0.6 is 11.8 Å². The van der Waals surface area contributed by atoms with E-state index in [2.05, 4.69) is 6.58 Å². The molecule has 1 aliphatic rings. The molecule has 0 bridgehead atoms. The fourth-order valence-corrected chi connectivity index (χ4v) is 2.44. The molecule has 116 valence electrons. The summed E-state index contributed by atoms with van der Waals surface area (Å²) in [6, 6.07) is 5.31. The number of nitrogens with zero attached hydrogens (tertiary/aromatic N) is 2. The molecule has 1 aliphatic heterocycles. The van der Waals surface area contributed by atoms with Gasteiger partial charge in [-0.1, -0.05) is 30.0 Å². The molecule has 22 heavy (non-hydrogen) atoms. The monoisotopic (exact) mass is 326 g/mol. The number of benzene rings is 1. The summed E-state index contributed by atoms with van der Waals surface area (Å²) in [6.45, 7) is 3.30. The molecule has 1 saturated heterocycles. The van der Waals surface area contributed by atoms with Crippen molar-refractivity contribution in [3.63, 3.8) is 0 Å². The molecule has 0 saturated carbocycles. The highest BCUT2D eigenvalue weighted by Gasteiger charge is 2.43. The van der Waals surface area contributed by atoms with Gasteiger partial charge in [-0.05, 0) is 17.7 Å². The number of halogens is 2. The van der Waals surface area contributed by atoms with E-state index in [4.69, 9.17) is 0 Å². The molecular formula is C14H12F2N2O3S. The zero-order valence-corrected chi connectivity index (χ0v) is 12.2. The molecule has 0 aromatic heterocycles. The Balaban J connectivity index is 2.10. The smallest absolute Gasteiger partial charge is 0.263 e. The molecule has 5 nitrogen and oxygen atoms in total. The highest BCUT2D eigenvalue weighted by molar-refractivity contribution is 7.99. The van der Waals surface area contributed by atoms with Crippen molar-refractivity contribution < 1.29 is 23.2 Å². The number of alkyl halides is 2. The fourth-order valence-electron chi connectivity index (χ4n) is 1.94. The first-order chi connectivity index (χ1) is 10.4. The van der Waals surface area contributed by atoms with Gasteiger partial charge in [0.1, 0.15) is 0 Å². The molecule has 0 unspecified atom stereocenters. The van der Waals surface area contributed by atoms with Crippen LogP contribution in [0.2, 0.25) is 0 Å². The predicted molar refractivity (Wildman–Crippen MR) is 76.2 cm³/mol. The van der Waals surface area contributed by atoms with Crippen molar-refractivity contribution in [2.24, 2.45) is 0 Å². The maximum absolute atomic E-state index is 12.2. The van der Waals surface area contributed by atoms with Gasteiger partial charge in [-0.25, -0.2) is 4.79 Å². The van der Waals surface area contributed by atoms with Crippen LogP contribution in [0.15, 0.2) is 41.8 Å². The maximum Gasteiger partial charge on any atom is 0.334 e. The summed E-state index contributed by atoms with van der Waals surface area (Å²) >= 11 is 0.404. The minimum absolute atomic E-state index is 0.0378. The molecule has 0 N–H and O–H groups in total. The molecule has 1 heterocycles. The lowest BCUT2D eigenvalue weighted by molar-refractivity contribution is -0.143. The van der Waals surface area contributed by atoms with E-state index in [1.807, 2.05) is 0 Å². The average molecular weight is 326 g/mol. The zero-order valence-electron chi connectivity index (χ0n) is 11.4. The molecule has 2 rings (SSSR count). The molecule has 1 aromatic carbocycles. The van der Waals surface area contributed by atoms with E-state index in [1.165, 1.54) is 30.3 Å². The first kappa shape index (κ1) is 16.2. The molecule has 0 radical (unpaired) electrons. The number of amides is 4. The number of imide groups is 2. The van der Waals surface area contributed by atoms with Crippen molar-refractivity contribution >= 4 is 29.6 Å². The van der Waals surface area contributed by atoms with Crippen molar-refractivity contribution in [3.8, 4) is 0 Å². The van der Waals surface area contributed by atoms with Gasteiger partial charge in [0, 0.05) is 11.4 Å². The van der Waals surface area contributed by atoms with Crippen LogP contribution in [0.25, 0.3) is 0 Å². The van der Waals surface area contributed by atoms with Crippen LogP contribution in [-0.2, 0) is 16.1 Å². The van der Waals surface area contributed by atoms with Gasteiger partial charge in [-0.2, -0.15) is 8.78 Å². The lowest BCUT2D eigenvalue weighted by Gasteiger charge is -2.14. The minimum atomic E-state index is -2.52. The summed E-state index contributed by atoms with van der Waals surface area (Å²) < 4.78 is 24.4. The van der Waals surface area contributed by atoms with Gasteiger partial charge in [-0.3, -0.25) is 19.4 Å². The number of hydrogen-bond acceptors (Lipinski definition) is 4. The quantitative estimate of drug-likeness (QED) is 0.349. The van der Waals surface area contributed by atoms with Crippen molar-refractivity contribution in [3.05, 3.63) is 42.5 Å².